The summed E-state index contributed by atoms with van der Waals surface area (Å²) in [7, 11) is 0. The van der Waals surface area contributed by atoms with Gasteiger partial charge < -0.3 is 14.8 Å². The second-order valence-electron chi connectivity index (χ2n) is 5.06. The number of rotatable bonds is 5. The van der Waals surface area contributed by atoms with Gasteiger partial charge in [0.2, 0.25) is 0 Å². The van der Waals surface area contributed by atoms with Gasteiger partial charge in [0.05, 0.1) is 11.6 Å². The molecule has 2 N–H and O–H groups in total. The fourth-order valence-electron chi connectivity index (χ4n) is 1.35. The fraction of sp³-hybridized carbons (Fsp3) is 0.692. The Kier molecular flexibility index (Phi) is 4.16. The van der Waals surface area contributed by atoms with Crippen LogP contribution in [0.5, 0.6) is 0 Å². The van der Waals surface area contributed by atoms with E-state index in [9.17, 15) is 5.11 Å². The maximum atomic E-state index is 10.1. The van der Waals surface area contributed by atoms with E-state index in [4.69, 9.17) is 4.42 Å². The topological polar surface area (TPSA) is 45.4 Å². The average molecular weight is 225 g/mol. The zero-order valence-corrected chi connectivity index (χ0v) is 10.9. The molecule has 0 saturated heterocycles. The Morgan fingerprint density at radius 2 is 2.00 bits per heavy atom. The van der Waals surface area contributed by atoms with E-state index in [1.165, 1.54) is 0 Å². The maximum Gasteiger partial charge on any atom is 0.120 e. The summed E-state index contributed by atoms with van der Waals surface area (Å²) in [5.74, 6) is 2.06. The lowest BCUT2D eigenvalue weighted by Gasteiger charge is -2.29. The van der Waals surface area contributed by atoms with E-state index in [2.05, 4.69) is 5.32 Å². The number of furan rings is 1. The molecule has 0 aliphatic rings. The smallest absolute Gasteiger partial charge is 0.120 e. The van der Waals surface area contributed by atoms with E-state index in [1.54, 1.807) is 0 Å². The van der Waals surface area contributed by atoms with Crippen molar-refractivity contribution in [1.82, 2.24) is 5.32 Å². The third-order valence-electron chi connectivity index (χ3n) is 3.20. The molecule has 2 atom stereocenters. The molecule has 2 unspecified atom stereocenters. The minimum atomic E-state index is -0.685. The zero-order valence-electron chi connectivity index (χ0n) is 10.9. The van der Waals surface area contributed by atoms with Gasteiger partial charge in [0.1, 0.15) is 11.5 Å². The molecule has 3 nitrogen and oxygen atoms in total. The molecule has 92 valence electrons. The van der Waals surface area contributed by atoms with Crippen LogP contribution in [-0.4, -0.2) is 17.3 Å². The molecule has 0 radical (unpaired) electrons. The van der Waals surface area contributed by atoms with Crippen molar-refractivity contribution in [2.24, 2.45) is 5.92 Å². The van der Waals surface area contributed by atoms with Crippen molar-refractivity contribution in [2.45, 2.75) is 46.3 Å². The van der Waals surface area contributed by atoms with Crippen LogP contribution in [0.25, 0.3) is 0 Å². The first-order chi connectivity index (χ1) is 7.33. The molecule has 0 aliphatic heterocycles. The molecule has 16 heavy (non-hydrogen) atoms. The molecule has 0 amide bonds. The summed E-state index contributed by atoms with van der Waals surface area (Å²) in [6.07, 6.45) is 0. The molecule has 1 aromatic rings. The van der Waals surface area contributed by atoms with Crippen LogP contribution in [0.1, 0.15) is 45.3 Å². The normalized spacial score (nSPS) is 17.4. The molecule has 0 saturated carbocycles. The van der Waals surface area contributed by atoms with Crippen LogP contribution >= 0.6 is 0 Å². The first-order valence-electron chi connectivity index (χ1n) is 5.85. The lowest BCUT2D eigenvalue weighted by Crippen LogP contribution is -2.42. The molecule has 0 fully saturated rings. The second kappa shape index (κ2) is 5.02. The Labute approximate surface area is 97.9 Å². The summed E-state index contributed by atoms with van der Waals surface area (Å²) in [6.45, 7) is 10.4. The minimum absolute atomic E-state index is 0.124. The Balaban J connectivity index is 2.50. The van der Waals surface area contributed by atoms with E-state index in [0.29, 0.717) is 6.54 Å². The van der Waals surface area contributed by atoms with Crippen LogP contribution in [0.2, 0.25) is 0 Å². The Bertz CT molecular complexity index is 328. The van der Waals surface area contributed by atoms with E-state index in [0.717, 1.165) is 11.5 Å². The number of hydrogen-bond acceptors (Lipinski definition) is 3. The van der Waals surface area contributed by atoms with Gasteiger partial charge >= 0.3 is 0 Å². The molecule has 3 heteroatoms. The van der Waals surface area contributed by atoms with E-state index >= 15 is 0 Å². The first kappa shape index (κ1) is 13.3. The SMILES string of the molecule is Cc1ccc(C(C)NCC(C)(O)C(C)C)o1. The molecule has 1 aromatic heterocycles. The van der Waals surface area contributed by atoms with E-state index < -0.39 is 5.60 Å². The van der Waals surface area contributed by atoms with Crippen LogP contribution < -0.4 is 5.32 Å². The van der Waals surface area contributed by atoms with Gasteiger partial charge in [-0.25, -0.2) is 0 Å². The minimum Gasteiger partial charge on any atom is -0.465 e. The number of nitrogens with one attached hydrogen (secondary N) is 1. The molecule has 1 heterocycles. The van der Waals surface area contributed by atoms with Crippen molar-refractivity contribution in [3.05, 3.63) is 23.7 Å². The lowest BCUT2D eigenvalue weighted by atomic mass is 9.92. The summed E-state index contributed by atoms with van der Waals surface area (Å²) in [5, 5.41) is 13.4. The fourth-order valence-corrected chi connectivity index (χ4v) is 1.35. The monoisotopic (exact) mass is 225 g/mol. The molecule has 0 aromatic carbocycles. The molecule has 0 bridgehead atoms. The van der Waals surface area contributed by atoms with Crippen LogP contribution in [0.3, 0.4) is 0 Å². The maximum absolute atomic E-state index is 10.1. The van der Waals surface area contributed by atoms with Crippen LogP contribution in [0.15, 0.2) is 16.5 Å². The predicted octanol–water partition coefficient (Wildman–Crippen LogP) is 2.65. The van der Waals surface area contributed by atoms with Crippen molar-refractivity contribution in [1.29, 1.82) is 0 Å². The standard InChI is InChI=1S/C13H23NO2/c1-9(2)13(5,15)8-14-11(4)12-7-6-10(3)16-12/h6-7,9,11,14-15H,8H2,1-5H3. The third-order valence-corrected chi connectivity index (χ3v) is 3.20. The molecule has 0 spiro atoms. The van der Waals surface area contributed by atoms with Crippen molar-refractivity contribution >= 4 is 0 Å². The zero-order chi connectivity index (χ0) is 12.3. The second-order valence-corrected chi connectivity index (χ2v) is 5.06. The Morgan fingerprint density at radius 3 is 2.44 bits per heavy atom. The van der Waals surface area contributed by atoms with Gasteiger partial charge in [-0.15, -0.1) is 0 Å². The lowest BCUT2D eigenvalue weighted by molar-refractivity contribution is 0.0117. The molecule has 0 aliphatic carbocycles. The highest BCUT2D eigenvalue weighted by Gasteiger charge is 2.25. The summed E-state index contributed by atoms with van der Waals surface area (Å²) >= 11 is 0. The summed E-state index contributed by atoms with van der Waals surface area (Å²) in [6, 6.07) is 4.05. The van der Waals surface area contributed by atoms with Gasteiger partial charge in [-0.3, -0.25) is 0 Å². The third kappa shape index (κ3) is 3.35. The van der Waals surface area contributed by atoms with Crippen molar-refractivity contribution in [2.75, 3.05) is 6.54 Å². The first-order valence-corrected chi connectivity index (χ1v) is 5.85. The average Bonchev–Trinajstić information content (AvgIpc) is 2.61. The largest absolute Gasteiger partial charge is 0.465 e. The van der Waals surface area contributed by atoms with Crippen LogP contribution in [-0.2, 0) is 0 Å². The number of aryl methyl sites for hydroxylation is 1. The number of hydrogen-bond donors (Lipinski definition) is 2. The van der Waals surface area contributed by atoms with Gasteiger partial charge in [-0.2, -0.15) is 0 Å². The highest BCUT2D eigenvalue weighted by molar-refractivity contribution is 5.09. The van der Waals surface area contributed by atoms with E-state index in [-0.39, 0.29) is 12.0 Å². The predicted molar refractivity (Wildman–Crippen MR) is 65.3 cm³/mol. The van der Waals surface area contributed by atoms with Crippen molar-refractivity contribution < 1.29 is 9.52 Å². The van der Waals surface area contributed by atoms with E-state index in [1.807, 2.05) is 46.8 Å². The van der Waals surface area contributed by atoms with Gasteiger partial charge in [-0.05, 0) is 38.8 Å². The van der Waals surface area contributed by atoms with Gasteiger partial charge in [-0.1, -0.05) is 13.8 Å². The van der Waals surface area contributed by atoms with Gasteiger partial charge in [0.15, 0.2) is 0 Å². The summed E-state index contributed by atoms with van der Waals surface area (Å²) in [4.78, 5) is 0. The highest BCUT2D eigenvalue weighted by Crippen LogP contribution is 2.19. The quantitative estimate of drug-likeness (QED) is 0.809. The Morgan fingerprint density at radius 1 is 1.38 bits per heavy atom. The number of aliphatic hydroxyl groups is 1. The van der Waals surface area contributed by atoms with Crippen molar-refractivity contribution in [3.63, 3.8) is 0 Å². The highest BCUT2D eigenvalue weighted by atomic mass is 16.3. The summed E-state index contributed by atoms with van der Waals surface area (Å²) in [5.41, 5.74) is -0.685. The molecule has 1 rings (SSSR count). The van der Waals surface area contributed by atoms with Crippen LogP contribution in [0.4, 0.5) is 0 Å². The van der Waals surface area contributed by atoms with Gasteiger partial charge in [0, 0.05) is 6.54 Å². The Hall–Kier alpha value is -0.800. The van der Waals surface area contributed by atoms with Gasteiger partial charge in [0.25, 0.3) is 0 Å². The molecular formula is C13H23NO2. The molecular weight excluding hydrogens is 202 g/mol. The van der Waals surface area contributed by atoms with Crippen LogP contribution in [0, 0.1) is 12.8 Å². The summed E-state index contributed by atoms with van der Waals surface area (Å²) < 4.78 is 5.53. The van der Waals surface area contributed by atoms with Crippen molar-refractivity contribution in [3.8, 4) is 0 Å².